The van der Waals surface area contributed by atoms with Gasteiger partial charge in [0.05, 0.1) is 6.54 Å². The largest absolute Gasteiger partial charge is 0.357 e. The molecule has 9 heteroatoms. The van der Waals surface area contributed by atoms with Gasteiger partial charge in [0.2, 0.25) is 11.8 Å². The first-order valence-electron chi connectivity index (χ1n) is 6.92. The van der Waals surface area contributed by atoms with Gasteiger partial charge in [-0.15, -0.1) is 24.0 Å². The van der Waals surface area contributed by atoms with Crippen molar-refractivity contribution in [2.45, 2.75) is 46.7 Å². The zero-order chi connectivity index (χ0) is 15.9. The standard InChI is InChI=1S/C13H24N6O2.HI/c1-6-14-12(15-7-10-17-9(2)21-19-10)16-8-11(20)18-13(3,4)5;/h6-8H2,1-5H3,(H,18,20)(H2,14,15,16);1H. The number of aromatic nitrogens is 2. The van der Waals surface area contributed by atoms with Gasteiger partial charge in [0.15, 0.2) is 11.8 Å². The maximum absolute atomic E-state index is 11.7. The van der Waals surface area contributed by atoms with E-state index in [0.717, 1.165) is 0 Å². The summed E-state index contributed by atoms with van der Waals surface area (Å²) in [5.41, 5.74) is -0.254. The van der Waals surface area contributed by atoms with E-state index in [2.05, 4.69) is 31.1 Å². The lowest BCUT2D eigenvalue weighted by Gasteiger charge is -2.21. The topological polar surface area (TPSA) is 104 Å². The van der Waals surface area contributed by atoms with Gasteiger partial charge in [0.1, 0.15) is 6.54 Å². The summed E-state index contributed by atoms with van der Waals surface area (Å²) in [6.07, 6.45) is 0. The van der Waals surface area contributed by atoms with Crippen LogP contribution in [0.3, 0.4) is 0 Å². The first-order chi connectivity index (χ1) is 9.80. The predicted octanol–water partition coefficient (Wildman–Crippen LogP) is 0.966. The minimum absolute atomic E-state index is 0. The number of nitrogens with zero attached hydrogens (tertiary/aromatic N) is 3. The Morgan fingerprint density at radius 1 is 1.32 bits per heavy atom. The highest BCUT2D eigenvalue weighted by molar-refractivity contribution is 14.0. The van der Waals surface area contributed by atoms with Gasteiger partial charge in [-0.25, -0.2) is 4.99 Å². The summed E-state index contributed by atoms with van der Waals surface area (Å²) in [6.45, 7) is 10.6. The van der Waals surface area contributed by atoms with E-state index in [9.17, 15) is 4.79 Å². The molecule has 1 aromatic rings. The van der Waals surface area contributed by atoms with Crippen LogP contribution in [0.2, 0.25) is 0 Å². The van der Waals surface area contributed by atoms with Gasteiger partial charge in [-0.3, -0.25) is 4.79 Å². The van der Waals surface area contributed by atoms with Gasteiger partial charge in [0.25, 0.3) is 0 Å². The Hall–Kier alpha value is -1.39. The normalized spacial score (nSPS) is 11.6. The summed E-state index contributed by atoms with van der Waals surface area (Å²) in [7, 11) is 0. The summed E-state index contributed by atoms with van der Waals surface area (Å²) in [5, 5.41) is 12.6. The molecule has 0 aliphatic rings. The molecule has 1 rings (SSSR count). The number of carbonyl (C=O) groups is 1. The Morgan fingerprint density at radius 3 is 2.50 bits per heavy atom. The van der Waals surface area contributed by atoms with E-state index < -0.39 is 0 Å². The molecule has 126 valence electrons. The average Bonchev–Trinajstić information content (AvgIpc) is 2.76. The molecule has 0 aliphatic heterocycles. The molecule has 0 atom stereocenters. The van der Waals surface area contributed by atoms with Crippen LogP contribution in [-0.4, -0.2) is 40.6 Å². The molecule has 0 bridgehead atoms. The van der Waals surface area contributed by atoms with Crippen LogP contribution in [-0.2, 0) is 11.3 Å². The van der Waals surface area contributed by atoms with Crippen molar-refractivity contribution in [2.75, 3.05) is 13.1 Å². The molecule has 0 spiro atoms. The zero-order valence-corrected chi connectivity index (χ0v) is 16.0. The molecule has 1 amide bonds. The first kappa shape index (κ1) is 20.6. The quantitative estimate of drug-likeness (QED) is 0.370. The van der Waals surface area contributed by atoms with Crippen molar-refractivity contribution in [1.29, 1.82) is 0 Å². The van der Waals surface area contributed by atoms with Crippen LogP contribution >= 0.6 is 24.0 Å². The van der Waals surface area contributed by atoms with Crippen molar-refractivity contribution < 1.29 is 9.32 Å². The third-order valence-electron chi connectivity index (χ3n) is 2.22. The number of aliphatic imine (C=N–C) groups is 1. The van der Waals surface area contributed by atoms with E-state index in [-0.39, 0.29) is 48.5 Å². The Morgan fingerprint density at radius 2 is 2.00 bits per heavy atom. The van der Waals surface area contributed by atoms with Crippen LogP contribution in [0.15, 0.2) is 9.52 Å². The number of aryl methyl sites for hydroxylation is 1. The number of hydrogen-bond donors (Lipinski definition) is 3. The number of halogens is 1. The molecule has 0 aromatic carbocycles. The Balaban J connectivity index is 0.00000441. The van der Waals surface area contributed by atoms with Crippen molar-refractivity contribution in [3.05, 3.63) is 11.7 Å². The number of rotatable bonds is 5. The van der Waals surface area contributed by atoms with Crippen LogP contribution in [0.25, 0.3) is 0 Å². The molecular weight excluding hydrogens is 399 g/mol. The number of guanidine groups is 1. The molecule has 3 N–H and O–H groups in total. The van der Waals surface area contributed by atoms with Crippen LogP contribution in [0.4, 0.5) is 0 Å². The molecule has 0 fully saturated rings. The molecule has 0 saturated carbocycles. The lowest BCUT2D eigenvalue weighted by Crippen LogP contribution is -2.48. The molecule has 0 saturated heterocycles. The summed E-state index contributed by atoms with van der Waals surface area (Å²) < 4.78 is 4.87. The van der Waals surface area contributed by atoms with Gasteiger partial charge in [0, 0.05) is 19.0 Å². The van der Waals surface area contributed by atoms with Gasteiger partial charge in [-0.05, 0) is 27.7 Å². The van der Waals surface area contributed by atoms with Crippen molar-refractivity contribution in [2.24, 2.45) is 4.99 Å². The maximum Gasteiger partial charge on any atom is 0.239 e. The molecule has 22 heavy (non-hydrogen) atoms. The minimum Gasteiger partial charge on any atom is -0.357 e. The highest BCUT2D eigenvalue weighted by Crippen LogP contribution is 1.98. The molecule has 0 radical (unpaired) electrons. The molecule has 0 unspecified atom stereocenters. The number of amides is 1. The summed E-state index contributed by atoms with van der Waals surface area (Å²) in [4.78, 5) is 20.1. The third kappa shape index (κ3) is 8.80. The van der Waals surface area contributed by atoms with Crippen LogP contribution in [0.1, 0.15) is 39.4 Å². The summed E-state index contributed by atoms with van der Waals surface area (Å²) in [6, 6.07) is 0. The van der Waals surface area contributed by atoms with Crippen LogP contribution < -0.4 is 16.0 Å². The minimum atomic E-state index is -0.254. The van der Waals surface area contributed by atoms with E-state index >= 15 is 0 Å². The predicted molar refractivity (Wildman–Crippen MR) is 95.2 cm³/mol. The van der Waals surface area contributed by atoms with Crippen LogP contribution in [0.5, 0.6) is 0 Å². The summed E-state index contributed by atoms with van der Waals surface area (Å²) in [5.74, 6) is 1.44. The third-order valence-corrected chi connectivity index (χ3v) is 2.22. The maximum atomic E-state index is 11.7. The van der Waals surface area contributed by atoms with Gasteiger partial charge in [-0.1, -0.05) is 5.16 Å². The average molecular weight is 424 g/mol. The lowest BCUT2D eigenvalue weighted by atomic mass is 10.1. The first-order valence-corrected chi connectivity index (χ1v) is 6.92. The highest BCUT2D eigenvalue weighted by Gasteiger charge is 2.13. The van der Waals surface area contributed by atoms with Gasteiger partial charge >= 0.3 is 0 Å². The molecule has 8 nitrogen and oxygen atoms in total. The van der Waals surface area contributed by atoms with Crippen molar-refractivity contribution in [3.8, 4) is 0 Å². The molecule has 1 aromatic heterocycles. The second-order valence-corrected chi connectivity index (χ2v) is 5.58. The van der Waals surface area contributed by atoms with Crippen molar-refractivity contribution in [3.63, 3.8) is 0 Å². The second-order valence-electron chi connectivity index (χ2n) is 5.58. The molecule has 1 heterocycles. The lowest BCUT2D eigenvalue weighted by molar-refractivity contribution is -0.121. The Labute approximate surface area is 147 Å². The summed E-state index contributed by atoms with van der Waals surface area (Å²) >= 11 is 0. The fraction of sp³-hybridized carbons (Fsp3) is 0.692. The van der Waals surface area contributed by atoms with E-state index in [0.29, 0.717) is 24.2 Å². The number of carbonyl (C=O) groups excluding carboxylic acids is 1. The van der Waals surface area contributed by atoms with E-state index in [1.54, 1.807) is 6.92 Å². The molecule has 0 aliphatic carbocycles. The van der Waals surface area contributed by atoms with Gasteiger partial charge in [-0.2, -0.15) is 4.98 Å². The SMILES string of the molecule is CCNC(=NCc1noc(C)n1)NCC(=O)NC(C)(C)C.I. The Bertz CT molecular complexity index is 495. The highest BCUT2D eigenvalue weighted by atomic mass is 127. The van der Waals surface area contributed by atoms with E-state index in [1.807, 2.05) is 27.7 Å². The smallest absolute Gasteiger partial charge is 0.239 e. The van der Waals surface area contributed by atoms with E-state index in [4.69, 9.17) is 4.52 Å². The number of hydrogen-bond acceptors (Lipinski definition) is 5. The zero-order valence-electron chi connectivity index (χ0n) is 13.7. The number of nitrogens with one attached hydrogen (secondary N) is 3. The fourth-order valence-corrected chi connectivity index (χ4v) is 1.52. The van der Waals surface area contributed by atoms with E-state index in [1.165, 1.54) is 0 Å². The van der Waals surface area contributed by atoms with Gasteiger partial charge < -0.3 is 20.5 Å². The second kappa shape index (κ2) is 9.59. The molecular formula is C13H25IN6O2. The van der Waals surface area contributed by atoms with Crippen molar-refractivity contribution >= 4 is 35.8 Å². The fourth-order valence-electron chi connectivity index (χ4n) is 1.52. The van der Waals surface area contributed by atoms with Crippen LogP contribution in [0, 0.1) is 6.92 Å². The van der Waals surface area contributed by atoms with Crippen molar-refractivity contribution in [1.82, 2.24) is 26.1 Å². The monoisotopic (exact) mass is 424 g/mol. The Kier molecular flexibility index (Phi) is 8.99.